The highest BCUT2D eigenvalue weighted by Gasteiger charge is 2.39. The summed E-state index contributed by atoms with van der Waals surface area (Å²) >= 11 is 0. The number of pyridine rings is 2. The van der Waals surface area contributed by atoms with Gasteiger partial charge in [-0.1, -0.05) is 6.92 Å². The lowest BCUT2D eigenvalue weighted by atomic mass is 9.97. The standard InChI is InChI=1S/C27H32N4O5S.H2/c1-17(2)36-20-10-8-19(9-11-20)22-13-12-21(24(29-22)31-16-18(3)15-27(31,4)5)25(32)30-37(34,35)23-7-6-14-28-26(23)33;/h6-14,17-18H,15-16H2,1-5H3,(H,28,33)(H,30,32);1H/t18-;/m0./s1. The van der Waals surface area contributed by atoms with E-state index < -0.39 is 26.4 Å². The van der Waals surface area contributed by atoms with Crippen molar-refractivity contribution in [3.63, 3.8) is 0 Å². The van der Waals surface area contributed by atoms with Gasteiger partial charge in [0, 0.05) is 25.3 Å². The molecule has 0 unspecified atom stereocenters. The summed E-state index contributed by atoms with van der Waals surface area (Å²) in [5, 5.41) is 0. The predicted molar refractivity (Wildman–Crippen MR) is 144 cm³/mol. The molecule has 0 bridgehead atoms. The molecule has 1 aromatic carbocycles. The highest BCUT2D eigenvalue weighted by molar-refractivity contribution is 7.90. The molecule has 0 radical (unpaired) electrons. The zero-order valence-corrected chi connectivity index (χ0v) is 22.4. The van der Waals surface area contributed by atoms with E-state index in [0.717, 1.165) is 23.8 Å². The van der Waals surface area contributed by atoms with Gasteiger partial charge in [0.25, 0.3) is 21.5 Å². The number of H-pyrrole nitrogens is 1. The summed E-state index contributed by atoms with van der Waals surface area (Å²) in [6.07, 6.45) is 2.26. The summed E-state index contributed by atoms with van der Waals surface area (Å²) in [7, 11) is -4.40. The van der Waals surface area contributed by atoms with E-state index in [4.69, 9.17) is 9.72 Å². The monoisotopic (exact) mass is 526 g/mol. The number of nitrogens with zero attached hydrogens (tertiary/aromatic N) is 2. The Labute approximate surface area is 218 Å². The van der Waals surface area contributed by atoms with Gasteiger partial charge >= 0.3 is 0 Å². The van der Waals surface area contributed by atoms with Crippen LogP contribution in [0, 0.1) is 5.92 Å². The third-order valence-electron chi connectivity index (χ3n) is 6.27. The van der Waals surface area contributed by atoms with E-state index in [9.17, 15) is 18.0 Å². The summed E-state index contributed by atoms with van der Waals surface area (Å²) < 4.78 is 33.5. The molecular formula is C27H34N4O5S. The molecule has 3 aromatic rings. The molecule has 1 fully saturated rings. The van der Waals surface area contributed by atoms with Crippen LogP contribution in [0.2, 0.25) is 0 Å². The topological polar surface area (TPSA) is 121 Å². The van der Waals surface area contributed by atoms with Crippen molar-refractivity contribution in [2.24, 2.45) is 5.92 Å². The van der Waals surface area contributed by atoms with E-state index in [2.05, 4.69) is 25.8 Å². The highest BCUT2D eigenvalue weighted by atomic mass is 32.2. The molecule has 1 saturated heterocycles. The van der Waals surface area contributed by atoms with Crippen molar-refractivity contribution in [3.05, 3.63) is 70.6 Å². The largest absolute Gasteiger partial charge is 0.491 e. The van der Waals surface area contributed by atoms with Crippen molar-refractivity contribution in [2.75, 3.05) is 11.4 Å². The Morgan fingerprint density at radius 1 is 1.19 bits per heavy atom. The molecule has 3 heterocycles. The first-order valence-corrected chi connectivity index (χ1v) is 13.7. The van der Waals surface area contributed by atoms with Crippen molar-refractivity contribution in [1.82, 2.24) is 14.7 Å². The van der Waals surface area contributed by atoms with Crippen LogP contribution in [0.3, 0.4) is 0 Å². The second-order valence-electron chi connectivity index (χ2n) is 10.3. The number of amides is 1. The first-order valence-electron chi connectivity index (χ1n) is 12.2. The maximum Gasteiger partial charge on any atom is 0.269 e. The highest BCUT2D eigenvalue weighted by Crippen LogP contribution is 2.38. The number of benzene rings is 1. The third-order valence-corrected chi connectivity index (χ3v) is 7.62. The van der Waals surface area contributed by atoms with Gasteiger partial charge in [-0.15, -0.1) is 0 Å². The van der Waals surface area contributed by atoms with E-state index in [1.54, 1.807) is 12.1 Å². The van der Waals surface area contributed by atoms with Crippen molar-refractivity contribution < 1.29 is 19.4 Å². The average molecular weight is 527 g/mol. The minimum Gasteiger partial charge on any atom is -0.491 e. The number of anilines is 1. The van der Waals surface area contributed by atoms with Crippen LogP contribution in [0.25, 0.3) is 11.3 Å². The smallest absolute Gasteiger partial charge is 0.269 e. The molecule has 0 aliphatic carbocycles. The van der Waals surface area contributed by atoms with Crippen LogP contribution in [0.4, 0.5) is 5.82 Å². The Bertz CT molecular complexity index is 1470. The van der Waals surface area contributed by atoms with Crippen LogP contribution in [0.5, 0.6) is 5.75 Å². The second kappa shape index (κ2) is 10.0. The van der Waals surface area contributed by atoms with Crippen LogP contribution >= 0.6 is 0 Å². The van der Waals surface area contributed by atoms with Crippen molar-refractivity contribution >= 4 is 21.7 Å². The lowest BCUT2D eigenvalue weighted by Gasteiger charge is -2.34. The Balaban J connectivity index is 0.00000400. The molecule has 0 spiro atoms. The Morgan fingerprint density at radius 3 is 2.49 bits per heavy atom. The summed E-state index contributed by atoms with van der Waals surface area (Å²) in [6, 6.07) is 13.3. The van der Waals surface area contributed by atoms with E-state index in [1.807, 2.05) is 47.7 Å². The fourth-order valence-corrected chi connectivity index (χ4v) is 5.80. The van der Waals surface area contributed by atoms with Gasteiger partial charge in [0.05, 0.1) is 17.4 Å². The minimum atomic E-state index is -4.40. The molecule has 1 amide bonds. The molecule has 1 aliphatic heterocycles. The van der Waals surface area contributed by atoms with E-state index in [1.165, 1.54) is 12.3 Å². The quantitative estimate of drug-likeness (QED) is 0.473. The molecule has 37 heavy (non-hydrogen) atoms. The SMILES string of the molecule is CC(C)Oc1ccc(-c2ccc(C(=O)NS(=O)(=O)c3ccc[nH]c3=O)c(N3C[C@@H](C)CC3(C)C)n2)cc1.[HH]. The summed E-state index contributed by atoms with van der Waals surface area (Å²) in [5.41, 5.74) is 0.473. The molecule has 9 nitrogen and oxygen atoms in total. The van der Waals surface area contributed by atoms with Crippen LogP contribution < -0.4 is 19.9 Å². The summed E-state index contributed by atoms with van der Waals surface area (Å²) in [4.78, 5) is 34.1. The lowest BCUT2D eigenvalue weighted by molar-refractivity contribution is 0.0981. The molecule has 4 rings (SSSR count). The van der Waals surface area contributed by atoms with Gasteiger partial charge in [-0.05, 0) is 88.6 Å². The van der Waals surface area contributed by atoms with Gasteiger partial charge in [-0.25, -0.2) is 18.1 Å². The van der Waals surface area contributed by atoms with Gasteiger partial charge in [-0.2, -0.15) is 0 Å². The molecular weight excluding hydrogens is 492 g/mol. The Morgan fingerprint density at radius 2 is 1.89 bits per heavy atom. The molecule has 1 atom stereocenters. The number of carbonyl (C=O) groups is 1. The molecule has 0 saturated carbocycles. The normalized spacial score (nSPS) is 17.1. The molecule has 10 heteroatoms. The lowest BCUT2D eigenvalue weighted by Crippen LogP contribution is -2.41. The van der Waals surface area contributed by atoms with Crippen LogP contribution in [0.1, 0.15) is 52.8 Å². The number of carbonyl (C=O) groups excluding carboxylic acids is 1. The first kappa shape index (κ1) is 26.4. The molecule has 2 aromatic heterocycles. The number of rotatable bonds is 7. The van der Waals surface area contributed by atoms with Gasteiger partial charge in [0.2, 0.25) is 0 Å². The zero-order chi connectivity index (χ0) is 27.0. The second-order valence-corrected chi connectivity index (χ2v) is 11.9. The number of ether oxygens (including phenoxy) is 1. The first-order chi connectivity index (χ1) is 17.4. The third kappa shape index (κ3) is 5.69. The fourth-order valence-electron chi connectivity index (χ4n) is 4.78. The van der Waals surface area contributed by atoms with Crippen molar-refractivity contribution in [1.29, 1.82) is 0 Å². The van der Waals surface area contributed by atoms with E-state index in [-0.39, 0.29) is 18.6 Å². The maximum atomic E-state index is 13.3. The predicted octanol–water partition coefficient (Wildman–Crippen LogP) is 4.21. The Kier molecular flexibility index (Phi) is 7.14. The van der Waals surface area contributed by atoms with Crippen LogP contribution in [-0.2, 0) is 10.0 Å². The maximum absolute atomic E-state index is 13.3. The van der Waals surface area contributed by atoms with Crippen LogP contribution in [0.15, 0.2) is 64.4 Å². The number of hydrogen-bond donors (Lipinski definition) is 2. The number of hydrogen-bond acceptors (Lipinski definition) is 7. The van der Waals surface area contributed by atoms with Crippen molar-refractivity contribution in [2.45, 2.75) is 57.6 Å². The van der Waals surface area contributed by atoms with Gasteiger partial charge < -0.3 is 14.6 Å². The number of aromatic nitrogens is 2. The molecule has 1 aliphatic rings. The van der Waals surface area contributed by atoms with Crippen LogP contribution in [-0.4, -0.2) is 42.5 Å². The Hall–Kier alpha value is -3.66. The molecule has 198 valence electrons. The van der Waals surface area contributed by atoms with E-state index in [0.29, 0.717) is 24.0 Å². The van der Waals surface area contributed by atoms with Gasteiger partial charge in [0.1, 0.15) is 11.6 Å². The van der Waals surface area contributed by atoms with Gasteiger partial charge in [-0.3, -0.25) is 9.59 Å². The fraction of sp³-hybridized carbons (Fsp3) is 0.370. The van der Waals surface area contributed by atoms with Gasteiger partial charge in [0.15, 0.2) is 4.90 Å². The molecule has 2 N–H and O–H groups in total. The number of nitrogens with one attached hydrogen (secondary N) is 2. The van der Waals surface area contributed by atoms with E-state index >= 15 is 0 Å². The average Bonchev–Trinajstić information content (AvgIpc) is 3.10. The number of aromatic amines is 1. The van der Waals surface area contributed by atoms with Crippen molar-refractivity contribution in [3.8, 4) is 17.0 Å². The zero-order valence-electron chi connectivity index (χ0n) is 21.6. The summed E-state index contributed by atoms with van der Waals surface area (Å²) in [6.45, 7) is 10.9. The minimum absolute atomic E-state index is 0. The number of sulfonamides is 1. The summed E-state index contributed by atoms with van der Waals surface area (Å²) in [5.74, 6) is 0.637.